The highest BCUT2D eigenvalue weighted by atomic mass is 19.1. The fraction of sp³-hybridized carbons (Fsp3) is 0.296. The van der Waals surface area contributed by atoms with Crippen molar-refractivity contribution in [1.29, 1.82) is 0 Å². The number of halogens is 1. The number of hydrogen-bond acceptors (Lipinski definition) is 4. The minimum atomic E-state index is -0.453. The Bertz CT molecular complexity index is 1090. The van der Waals surface area contributed by atoms with Crippen LogP contribution >= 0.6 is 0 Å². The van der Waals surface area contributed by atoms with Gasteiger partial charge in [-0.2, -0.15) is 0 Å². The second kappa shape index (κ2) is 13.2. The molecule has 0 unspecified atom stereocenters. The van der Waals surface area contributed by atoms with Gasteiger partial charge in [-0.05, 0) is 55.0 Å². The van der Waals surface area contributed by atoms with Gasteiger partial charge in [-0.3, -0.25) is 19.6 Å². The zero-order valence-electron chi connectivity index (χ0n) is 19.4. The first-order valence-corrected chi connectivity index (χ1v) is 11.7. The van der Waals surface area contributed by atoms with E-state index in [0.29, 0.717) is 13.0 Å². The summed E-state index contributed by atoms with van der Waals surface area (Å²) in [6, 6.07) is 13.6. The third-order valence-corrected chi connectivity index (χ3v) is 5.50. The predicted octanol–water partition coefficient (Wildman–Crippen LogP) is 3.84. The first kappa shape index (κ1) is 25.8. The van der Waals surface area contributed by atoms with Crippen molar-refractivity contribution < 1.29 is 24.0 Å². The van der Waals surface area contributed by atoms with Crippen LogP contribution in [0.3, 0.4) is 0 Å². The van der Waals surface area contributed by atoms with E-state index in [1.165, 1.54) is 12.1 Å². The Morgan fingerprint density at radius 1 is 0.971 bits per heavy atom. The summed E-state index contributed by atoms with van der Waals surface area (Å²) in [5, 5.41) is 14.1. The summed E-state index contributed by atoms with van der Waals surface area (Å²) in [7, 11) is 0. The maximum atomic E-state index is 14.4. The highest BCUT2D eigenvalue weighted by molar-refractivity contribution is 6.24. The van der Waals surface area contributed by atoms with Crippen LogP contribution in [0.25, 0.3) is 17.7 Å². The molecule has 8 heteroatoms. The molecule has 35 heavy (non-hydrogen) atoms. The lowest BCUT2D eigenvalue weighted by Gasteiger charge is -2.10. The van der Waals surface area contributed by atoms with Gasteiger partial charge in [-0.15, -0.1) is 0 Å². The molecule has 0 heterocycles. The fourth-order valence-corrected chi connectivity index (χ4v) is 3.39. The molecule has 1 saturated carbocycles. The summed E-state index contributed by atoms with van der Waals surface area (Å²) < 4.78 is 14.4. The molecule has 0 spiro atoms. The van der Waals surface area contributed by atoms with E-state index in [1.807, 2.05) is 24.3 Å². The minimum absolute atomic E-state index is 0.157. The van der Waals surface area contributed by atoms with Crippen molar-refractivity contribution >= 4 is 35.4 Å². The van der Waals surface area contributed by atoms with E-state index in [0.717, 1.165) is 36.8 Å². The van der Waals surface area contributed by atoms with E-state index in [2.05, 4.69) is 10.6 Å². The molecule has 184 valence electrons. The second-order valence-electron chi connectivity index (χ2n) is 8.42. The molecule has 1 fully saturated rings. The van der Waals surface area contributed by atoms with Gasteiger partial charge in [-0.1, -0.05) is 48.9 Å². The molecule has 7 nitrogen and oxygen atoms in total. The molecule has 0 saturated heterocycles. The predicted molar refractivity (Wildman–Crippen MR) is 132 cm³/mol. The lowest BCUT2D eigenvalue weighted by Crippen LogP contribution is -2.26. The smallest absolute Gasteiger partial charge is 0.252 e. The van der Waals surface area contributed by atoms with Crippen molar-refractivity contribution in [3.05, 3.63) is 77.1 Å². The summed E-state index contributed by atoms with van der Waals surface area (Å²) in [4.78, 5) is 35.7. The number of amides is 3. The molecule has 4 N–H and O–H groups in total. The van der Waals surface area contributed by atoms with Crippen molar-refractivity contribution in [2.75, 3.05) is 6.54 Å². The Labute approximate surface area is 204 Å². The molecule has 0 atom stereocenters. The lowest BCUT2D eigenvalue weighted by atomic mass is 10.0. The highest BCUT2D eigenvalue weighted by Crippen LogP contribution is 2.25. The highest BCUT2D eigenvalue weighted by Gasteiger charge is 2.26. The van der Waals surface area contributed by atoms with E-state index in [1.54, 1.807) is 35.8 Å². The van der Waals surface area contributed by atoms with Crippen LogP contribution < -0.4 is 16.1 Å². The Balaban J connectivity index is 1.56. The van der Waals surface area contributed by atoms with Crippen molar-refractivity contribution in [2.45, 2.75) is 44.6 Å². The van der Waals surface area contributed by atoms with Crippen LogP contribution in [-0.2, 0) is 14.4 Å². The number of carbonyl (C=O) groups is 3. The number of unbranched alkanes of at least 4 members (excludes halogenated alkanes) is 2. The number of rotatable bonds is 12. The SMILES string of the molecule is O=C(/C=C/c1ccc(/C=C(/C(=O)NC2CC2)c2ccccc2F)cc1)NCCCCCC(=O)NO. The van der Waals surface area contributed by atoms with Gasteiger partial charge in [0.2, 0.25) is 11.8 Å². The standard InChI is InChI=1S/C27H30FN3O4/c28-24-7-4-3-6-22(24)23(27(34)30-21-14-15-21)18-20-11-9-19(10-12-20)13-16-25(32)29-17-5-1-2-8-26(33)31-35/h3-4,6-7,9-13,16,18,21,35H,1-2,5,8,14-15,17H2,(H,29,32)(H,30,34)(H,31,33)/b16-13+,23-18+. The monoisotopic (exact) mass is 479 g/mol. The van der Waals surface area contributed by atoms with E-state index >= 15 is 0 Å². The number of carbonyl (C=O) groups excluding carboxylic acids is 3. The van der Waals surface area contributed by atoms with E-state index < -0.39 is 11.7 Å². The molecular weight excluding hydrogens is 449 g/mol. The van der Waals surface area contributed by atoms with Crippen molar-refractivity contribution in [3.8, 4) is 0 Å². The molecule has 0 aromatic heterocycles. The van der Waals surface area contributed by atoms with Crippen molar-refractivity contribution in [3.63, 3.8) is 0 Å². The molecule has 1 aliphatic carbocycles. The van der Waals surface area contributed by atoms with Gasteiger partial charge in [-0.25, -0.2) is 9.87 Å². The Hall–Kier alpha value is -3.78. The number of nitrogens with one attached hydrogen (secondary N) is 3. The van der Waals surface area contributed by atoms with E-state index in [4.69, 9.17) is 5.21 Å². The second-order valence-corrected chi connectivity index (χ2v) is 8.42. The molecule has 3 amide bonds. The van der Waals surface area contributed by atoms with E-state index in [9.17, 15) is 18.8 Å². The van der Waals surface area contributed by atoms with Gasteiger partial charge < -0.3 is 10.6 Å². The lowest BCUT2D eigenvalue weighted by molar-refractivity contribution is -0.129. The fourth-order valence-electron chi connectivity index (χ4n) is 3.39. The average Bonchev–Trinajstić information content (AvgIpc) is 3.68. The Morgan fingerprint density at radius 2 is 1.69 bits per heavy atom. The molecule has 2 aromatic carbocycles. The first-order chi connectivity index (χ1) is 17.0. The Morgan fingerprint density at radius 3 is 2.37 bits per heavy atom. The van der Waals surface area contributed by atoms with Crippen LogP contribution in [0, 0.1) is 5.82 Å². The third-order valence-electron chi connectivity index (χ3n) is 5.50. The number of benzene rings is 2. The molecular formula is C27H30FN3O4. The molecule has 0 aliphatic heterocycles. The molecule has 0 radical (unpaired) electrons. The van der Waals surface area contributed by atoms with Gasteiger partial charge in [0, 0.05) is 30.6 Å². The summed E-state index contributed by atoms with van der Waals surface area (Å²) in [5.74, 6) is -1.38. The summed E-state index contributed by atoms with van der Waals surface area (Å²) in [5.41, 5.74) is 3.66. The van der Waals surface area contributed by atoms with Crippen molar-refractivity contribution in [1.82, 2.24) is 16.1 Å². The zero-order valence-corrected chi connectivity index (χ0v) is 19.4. The van der Waals surface area contributed by atoms with Crippen LogP contribution in [0.4, 0.5) is 4.39 Å². The van der Waals surface area contributed by atoms with Crippen LogP contribution in [-0.4, -0.2) is 35.5 Å². The molecule has 3 rings (SSSR count). The van der Waals surface area contributed by atoms with Crippen LogP contribution in [0.1, 0.15) is 55.2 Å². The number of hydrogen-bond donors (Lipinski definition) is 4. The first-order valence-electron chi connectivity index (χ1n) is 11.7. The molecule has 1 aliphatic rings. The van der Waals surface area contributed by atoms with Crippen LogP contribution in [0.2, 0.25) is 0 Å². The quantitative estimate of drug-likeness (QED) is 0.122. The maximum absolute atomic E-state index is 14.4. The average molecular weight is 480 g/mol. The summed E-state index contributed by atoms with van der Waals surface area (Å²) in [6.45, 7) is 0.495. The maximum Gasteiger partial charge on any atom is 0.252 e. The number of hydroxylamine groups is 1. The van der Waals surface area contributed by atoms with Gasteiger partial charge >= 0.3 is 0 Å². The summed E-state index contributed by atoms with van der Waals surface area (Å²) in [6.07, 6.45) is 9.06. The summed E-state index contributed by atoms with van der Waals surface area (Å²) >= 11 is 0. The molecule has 2 aromatic rings. The van der Waals surface area contributed by atoms with Crippen LogP contribution in [0.5, 0.6) is 0 Å². The van der Waals surface area contributed by atoms with Gasteiger partial charge in [0.25, 0.3) is 5.91 Å². The van der Waals surface area contributed by atoms with Crippen LogP contribution in [0.15, 0.2) is 54.6 Å². The normalized spacial score (nSPS) is 13.5. The van der Waals surface area contributed by atoms with Gasteiger partial charge in [0.15, 0.2) is 0 Å². The van der Waals surface area contributed by atoms with E-state index in [-0.39, 0.29) is 35.4 Å². The Kier molecular flexibility index (Phi) is 9.74. The zero-order chi connectivity index (χ0) is 25.0. The van der Waals surface area contributed by atoms with Gasteiger partial charge in [0.05, 0.1) is 5.57 Å². The topological polar surface area (TPSA) is 108 Å². The van der Waals surface area contributed by atoms with Crippen molar-refractivity contribution in [2.24, 2.45) is 0 Å². The van der Waals surface area contributed by atoms with Gasteiger partial charge in [0.1, 0.15) is 5.82 Å². The minimum Gasteiger partial charge on any atom is -0.353 e. The largest absolute Gasteiger partial charge is 0.353 e. The third kappa shape index (κ3) is 8.83. The molecule has 0 bridgehead atoms.